The Hall–Kier alpha value is -2.27. The van der Waals surface area contributed by atoms with Crippen LogP contribution in [0.25, 0.3) is 0 Å². The van der Waals surface area contributed by atoms with Gasteiger partial charge in [-0.3, -0.25) is 4.79 Å². The highest BCUT2D eigenvalue weighted by Gasteiger charge is 2.25. The predicted octanol–water partition coefficient (Wildman–Crippen LogP) is 1.44. The molecular weight excluding hydrogens is 276 g/mol. The molecule has 1 N–H and O–H groups in total. The Morgan fingerprint density at radius 3 is 2.91 bits per heavy atom. The van der Waals surface area contributed by atoms with E-state index in [2.05, 4.69) is 27.4 Å². The summed E-state index contributed by atoms with van der Waals surface area (Å²) in [5, 5.41) is 3.49. The van der Waals surface area contributed by atoms with Gasteiger partial charge in [0.25, 0.3) is 5.91 Å². The van der Waals surface area contributed by atoms with Gasteiger partial charge in [0.15, 0.2) is 0 Å². The monoisotopic (exact) mass is 296 g/mol. The van der Waals surface area contributed by atoms with E-state index in [4.69, 9.17) is 0 Å². The lowest BCUT2D eigenvalue weighted by molar-refractivity contribution is 0.0696. The van der Waals surface area contributed by atoms with Crippen LogP contribution in [0.1, 0.15) is 21.7 Å². The lowest BCUT2D eigenvalue weighted by Gasteiger charge is -2.33. The first kappa shape index (κ1) is 14.7. The average Bonchev–Trinajstić information content (AvgIpc) is 2.55. The van der Waals surface area contributed by atoms with Crippen molar-refractivity contribution in [3.63, 3.8) is 0 Å². The lowest BCUT2D eigenvalue weighted by Crippen LogP contribution is -2.53. The summed E-state index contributed by atoms with van der Waals surface area (Å²) in [5.41, 5.74) is 2.58. The Morgan fingerprint density at radius 1 is 1.32 bits per heavy atom. The summed E-state index contributed by atoms with van der Waals surface area (Å²) in [6.07, 6.45) is 2.37. The second kappa shape index (κ2) is 6.66. The third-order valence-corrected chi connectivity index (χ3v) is 3.89. The number of benzene rings is 1. The van der Waals surface area contributed by atoms with E-state index in [0.717, 1.165) is 18.7 Å². The minimum absolute atomic E-state index is 0.00920. The predicted molar refractivity (Wildman–Crippen MR) is 84.6 cm³/mol. The zero-order valence-corrected chi connectivity index (χ0v) is 12.7. The highest BCUT2D eigenvalue weighted by molar-refractivity contribution is 5.92. The Morgan fingerprint density at radius 2 is 2.14 bits per heavy atom. The Labute approximate surface area is 130 Å². The summed E-state index contributed by atoms with van der Waals surface area (Å²) in [5.74, 6) is -0.00920. The number of rotatable bonds is 3. The quantitative estimate of drug-likeness (QED) is 0.931. The van der Waals surface area contributed by atoms with Gasteiger partial charge in [0.2, 0.25) is 0 Å². The van der Waals surface area contributed by atoms with Crippen LogP contribution in [0, 0.1) is 6.92 Å². The van der Waals surface area contributed by atoms with Gasteiger partial charge in [0, 0.05) is 31.4 Å². The number of aryl methyl sites for hydroxylation is 1. The summed E-state index contributed by atoms with van der Waals surface area (Å²) in [7, 11) is 0. The minimum Gasteiger partial charge on any atom is -0.334 e. The molecule has 0 radical (unpaired) electrons. The van der Waals surface area contributed by atoms with Crippen molar-refractivity contribution in [1.82, 2.24) is 20.2 Å². The van der Waals surface area contributed by atoms with Crippen LogP contribution in [0.15, 0.2) is 42.7 Å². The molecule has 1 aromatic carbocycles. The molecule has 1 aliphatic heterocycles. The van der Waals surface area contributed by atoms with Gasteiger partial charge in [0.05, 0.1) is 0 Å². The Kier molecular flexibility index (Phi) is 4.44. The topological polar surface area (TPSA) is 58.1 Å². The van der Waals surface area contributed by atoms with E-state index in [9.17, 15) is 4.79 Å². The second-order valence-electron chi connectivity index (χ2n) is 5.64. The van der Waals surface area contributed by atoms with Crippen molar-refractivity contribution >= 4 is 5.91 Å². The molecule has 0 aliphatic carbocycles. The molecule has 1 atom stereocenters. The minimum atomic E-state index is -0.00920. The first-order valence-electron chi connectivity index (χ1n) is 7.57. The van der Waals surface area contributed by atoms with Crippen LogP contribution in [0.4, 0.5) is 0 Å². The second-order valence-corrected chi connectivity index (χ2v) is 5.64. The summed E-state index contributed by atoms with van der Waals surface area (Å²) in [4.78, 5) is 22.6. The summed E-state index contributed by atoms with van der Waals surface area (Å²) in [6.45, 7) is 4.10. The summed E-state index contributed by atoms with van der Waals surface area (Å²) < 4.78 is 0. The Bertz CT molecular complexity index is 644. The van der Waals surface area contributed by atoms with Gasteiger partial charge < -0.3 is 10.2 Å². The van der Waals surface area contributed by atoms with Crippen molar-refractivity contribution in [2.75, 3.05) is 19.6 Å². The third-order valence-electron chi connectivity index (χ3n) is 3.89. The van der Waals surface area contributed by atoms with Gasteiger partial charge in [-0.05, 0) is 25.0 Å². The lowest BCUT2D eigenvalue weighted by atomic mass is 10.0. The maximum Gasteiger partial charge on any atom is 0.272 e. The molecule has 5 heteroatoms. The number of aromatic nitrogens is 2. The molecule has 22 heavy (non-hydrogen) atoms. The van der Waals surface area contributed by atoms with E-state index < -0.39 is 0 Å². The molecule has 1 saturated heterocycles. The maximum atomic E-state index is 12.6. The molecule has 1 fully saturated rings. The normalized spacial score (nSPS) is 18.2. The number of carbonyl (C=O) groups excluding carboxylic acids is 1. The number of nitrogens with zero attached hydrogens (tertiary/aromatic N) is 3. The fourth-order valence-corrected chi connectivity index (χ4v) is 2.78. The molecular formula is C17H20N4O. The zero-order valence-electron chi connectivity index (χ0n) is 12.7. The number of amides is 1. The molecule has 114 valence electrons. The highest BCUT2D eigenvalue weighted by atomic mass is 16.2. The first-order chi connectivity index (χ1) is 10.7. The van der Waals surface area contributed by atoms with Crippen molar-refractivity contribution < 1.29 is 4.79 Å². The van der Waals surface area contributed by atoms with Crippen molar-refractivity contribution in [2.45, 2.75) is 19.4 Å². The Balaban J connectivity index is 1.66. The van der Waals surface area contributed by atoms with Crippen molar-refractivity contribution in [1.29, 1.82) is 0 Å². The SMILES string of the molecule is Cc1cc(C(=O)N2CCNC(Cc3ccccc3)C2)ncn1. The summed E-state index contributed by atoms with van der Waals surface area (Å²) >= 11 is 0. The van der Waals surface area contributed by atoms with Gasteiger partial charge in [-0.25, -0.2) is 9.97 Å². The van der Waals surface area contributed by atoms with Gasteiger partial charge in [-0.2, -0.15) is 0 Å². The van der Waals surface area contributed by atoms with Gasteiger partial charge in [-0.15, -0.1) is 0 Å². The molecule has 0 saturated carbocycles. The van der Waals surface area contributed by atoms with Crippen molar-refractivity contribution in [2.24, 2.45) is 0 Å². The van der Waals surface area contributed by atoms with Gasteiger partial charge in [-0.1, -0.05) is 30.3 Å². The molecule has 1 aliphatic rings. The zero-order chi connectivity index (χ0) is 15.4. The number of carbonyl (C=O) groups is 1. The van der Waals surface area contributed by atoms with Crippen LogP contribution in [0.5, 0.6) is 0 Å². The van der Waals surface area contributed by atoms with Crippen LogP contribution in [-0.2, 0) is 6.42 Å². The number of hydrogen-bond donors (Lipinski definition) is 1. The molecule has 3 rings (SSSR count). The maximum absolute atomic E-state index is 12.6. The van der Waals surface area contributed by atoms with Crippen LogP contribution >= 0.6 is 0 Å². The van der Waals surface area contributed by atoms with Crippen LogP contribution in [0.3, 0.4) is 0 Å². The smallest absolute Gasteiger partial charge is 0.272 e. The molecule has 1 aromatic heterocycles. The van der Waals surface area contributed by atoms with Crippen LogP contribution in [0.2, 0.25) is 0 Å². The van der Waals surface area contributed by atoms with Crippen LogP contribution < -0.4 is 5.32 Å². The fourth-order valence-electron chi connectivity index (χ4n) is 2.78. The number of nitrogens with one attached hydrogen (secondary N) is 1. The first-order valence-corrected chi connectivity index (χ1v) is 7.57. The van der Waals surface area contributed by atoms with E-state index in [0.29, 0.717) is 18.8 Å². The van der Waals surface area contributed by atoms with Crippen LogP contribution in [-0.4, -0.2) is 46.5 Å². The summed E-state index contributed by atoms with van der Waals surface area (Å²) in [6, 6.07) is 12.4. The van der Waals surface area contributed by atoms with E-state index in [1.165, 1.54) is 11.9 Å². The molecule has 1 amide bonds. The molecule has 2 heterocycles. The van der Waals surface area contributed by atoms with E-state index in [1.54, 1.807) is 6.07 Å². The third kappa shape index (κ3) is 3.49. The van der Waals surface area contributed by atoms with E-state index >= 15 is 0 Å². The molecule has 2 aromatic rings. The standard InChI is InChI=1S/C17H20N4O/c1-13-9-16(20-12-19-13)17(22)21-8-7-18-15(11-21)10-14-5-3-2-4-6-14/h2-6,9,12,15,18H,7-8,10-11H2,1H3. The van der Waals surface area contributed by atoms with Crippen molar-refractivity contribution in [3.8, 4) is 0 Å². The fraction of sp³-hybridized carbons (Fsp3) is 0.353. The number of piperazine rings is 1. The number of hydrogen-bond acceptors (Lipinski definition) is 4. The van der Waals surface area contributed by atoms with E-state index in [1.807, 2.05) is 30.0 Å². The van der Waals surface area contributed by atoms with Gasteiger partial charge in [0.1, 0.15) is 12.0 Å². The molecule has 0 spiro atoms. The molecule has 0 bridgehead atoms. The van der Waals surface area contributed by atoms with Gasteiger partial charge >= 0.3 is 0 Å². The van der Waals surface area contributed by atoms with E-state index in [-0.39, 0.29) is 11.9 Å². The average molecular weight is 296 g/mol. The highest BCUT2D eigenvalue weighted by Crippen LogP contribution is 2.10. The largest absolute Gasteiger partial charge is 0.334 e. The molecule has 5 nitrogen and oxygen atoms in total. The van der Waals surface area contributed by atoms with Crippen molar-refractivity contribution in [3.05, 3.63) is 59.7 Å². The molecule has 1 unspecified atom stereocenters.